The Morgan fingerprint density at radius 1 is 0.961 bits per heavy atom. The molecule has 3 aromatic rings. The van der Waals surface area contributed by atoms with Crippen molar-refractivity contribution in [3.8, 4) is 23.8 Å². The molecule has 0 spiro atoms. The van der Waals surface area contributed by atoms with Crippen LogP contribution in [0, 0.1) is 12.3 Å². The summed E-state index contributed by atoms with van der Waals surface area (Å²) in [6.45, 7) is 6.97. The Labute approximate surface area is 287 Å². The van der Waals surface area contributed by atoms with Gasteiger partial charge in [0.15, 0.2) is 11.5 Å². The van der Waals surface area contributed by atoms with E-state index in [1.54, 1.807) is 12.1 Å². The standard InChI is InChI=1S/C28H33N5O4.2C2HF3O2/c1-5-10-21(29)28(35)32-15-17-11-9-12-22(18(17)6-2)33-26-19-13-24(36-7-3)25(37-8-4)14-23(19)31-16-20(26)27(30)34;2*3-2(4,5)1(6)7/h1,9,11-14,16,21H,6-8,10,15,29H2,2-4H3,(H2,30,34)(H,31,33)(H,32,35);2*(H,6,7)/t21-;;/m0../s1. The van der Waals surface area contributed by atoms with Gasteiger partial charge in [-0.05, 0) is 43.5 Å². The summed E-state index contributed by atoms with van der Waals surface area (Å²) in [4.78, 5) is 46.9. The molecule has 1 atom stereocenters. The average Bonchev–Trinajstić information content (AvgIpc) is 3.04. The third-order valence-corrected chi connectivity index (χ3v) is 6.30. The second-order valence-electron chi connectivity index (χ2n) is 9.85. The number of rotatable bonds is 12. The van der Waals surface area contributed by atoms with Crippen LogP contribution in [-0.4, -0.2) is 70.6 Å². The van der Waals surface area contributed by atoms with Crippen LogP contribution in [-0.2, 0) is 27.3 Å². The third-order valence-electron chi connectivity index (χ3n) is 6.30. The SMILES string of the molecule is C#CC[C@H](N)C(=O)NCc1cccc(Nc2c(C(N)=O)cnc3cc(OCC)c(OCC)cc23)c1CC.O=C(O)C(F)(F)F.O=C(O)C(F)(F)F. The van der Waals surface area contributed by atoms with E-state index in [-0.39, 0.29) is 24.4 Å². The van der Waals surface area contributed by atoms with Crippen LogP contribution in [0.5, 0.6) is 11.5 Å². The molecule has 0 unspecified atom stereocenters. The third kappa shape index (κ3) is 13.2. The van der Waals surface area contributed by atoms with Gasteiger partial charge in [0.2, 0.25) is 5.91 Å². The first-order valence-corrected chi connectivity index (χ1v) is 14.7. The molecule has 2 amide bonds. The van der Waals surface area contributed by atoms with Gasteiger partial charge in [-0.15, -0.1) is 12.3 Å². The number of nitrogens with zero attached hydrogens (tertiary/aromatic N) is 1. The van der Waals surface area contributed by atoms with Crippen LogP contribution in [0.25, 0.3) is 10.9 Å². The number of primary amides is 1. The minimum Gasteiger partial charge on any atom is -0.490 e. The molecule has 13 nitrogen and oxygen atoms in total. The molecule has 0 radical (unpaired) electrons. The molecule has 0 bridgehead atoms. The van der Waals surface area contributed by atoms with E-state index in [1.807, 2.05) is 39.0 Å². The lowest BCUT2D eigenvalue weighted by Gasteiger charge is -2.20. The van der Waals surface area contributed by atoms with Crippen LogP contribution in [0.15, 0.2) is 36.5 Å². The van der Waals surface area contributed by atoms with Gasteiger partial charge in [0.25, 0.3) is 5.91 Å². The number of hydrogen-bond acceptors (Lipinski definition) is 9. The second kappa shape index (κ2) is 19.4. The highest BCUT2D eigenvalue weighted by atomic mass is 19.4. The van der Waals surface area contributed by atoms with E-state index in [4.69, 9.17) is 47.2 Å². The van der Waals surface area contributed by atoms with Crippen LogP contribution < -0.4 is 31.6 Å². The number of aromatic nitrogens is 1. The molecular weight excluding hydrogens is 696 g/mol. The van der Waals surface area contributed by atoms with Crippen molar-refractivity contribution in [3.63, 3.8) is 0 Å². The zero-order valence-electron chi connectivity index (χ0n) is 27.4. The molecule has 8 N–H and O–H groups in total. The first-order chi connectivity index (χ1) is 23.7. The maximum Gasteiger partial charge on any atom is 0.490 e. The Kier molecular flexibility index (Phi) is 16.5. The molecule has 51 heavy (non-hydrogen) atoms. The van der Waals surface area contributed by atoms with Crippen LogP contribution in [0.1, 0.15) is 48.7 Å². The molecule has 0 aliphatic rings. The summed E-state index contributed by atoms with van der Waals surface area (Å²) in [6, 6.07) is 8.52. The van der Waals surface area contributed by atoms with Gasteiger partial charge in [-0.1, -0.05) is 19.1 Å². The van der Waals surface area contributed by atoms with Crippen LogP contribution in [0.3, 0.4) is 0 Å². The predicted octanol–water partition coefficient (Wildman–Crippen LogP) is 4.67. The van der Waals surface area contributed by atoms with E-state index in [0.29, 0.717) is 47.7 Å². The van der Waals surface area contributed by atoms with E-state index >= 15 is 0 Å². The molecule has 278 valence electrons. The average molecular weight is 732 g/mol. The van der Waals surface area contributed by atoms with Crippen molar-refractivity contribution >= 4 is 46.0 Å². The summed E-state index contributed by atoms with van der Waals surface area (Å²) in [7, 11) is 0. The van der Waals surface area contributed by atoms with Crippen molar-refractivity contribution in [2.24, 2.45) is 11.5 Å². The summed E-state index contributed by atoms with van der Waals surface area (Å²) in [5.74, 6) is -2.94. The molecule has 1 aromatic heterocycles. The van der Waals surface area contributed by atoms with Gasteiger partial charge in [0.05, 0.1) is 36.0 Å². The number of ether oxygens (including phenoxy) is 2. The minimum absolute atomic E-state index is 0.161. The fraction of sp³-hybridized carbons (Fsp3) is 0.344. The lowest BCUT2D eigenvalue weighted by Crippen LogP contribution is -2.40. The number of aliphatic carboxylic acids is 2. The van der Waals surface area contributed by atoms with Gasteiger partial charge >= 0.3 is 24.3 Å². The quantitative estimate of drug-likeness (QED) is 0.111. The van der Waals surface area contributed by atoms with Crippen molar-refractivity contribution in [3.05, 3.63) is 53.2 Å². The van der Waals surface area contributed by atoms with Crippen LogP contribution in [0.2, 0.25) is 0 Å². The number of carbonyl (C=O) groups is 4. The van der Waals surface area contributed by atoms with E-state index in [0.717, 1.165) is 16.8 Å². The molecular formula is C32H35F6N5O8. The number of amides is 2. The molecule has 3 rings (SSSR count). The first-order valence-electron chi connectivity index (χ1n) is 14.7. The predicted molar refractivity (Wildman–Crippen MR) is 172 cm³/mol. The number of benzene rings is 2. The largest absolute Gasteiger partial charge is 0.490 e. The van der Waals surface area contributed by atoms with Crippen molar-refractivity contribution in [1.82, 2.24) is 10.3 Å². The second-order valence-corrected chi connectivity index (χ2v) is 9.85. The van der Waals surface area contributed by atoms with Crippen molar-refractivity contribution in [2.75, 3.05) is 18.5 Å². The molecule has 0 aliphatic heterocycles. The highest BCUT2D eigenvalue weighted by Gasteiger charge is 2.38. The van der Waals surface area contributed by atoms with Gasteiger partial charge in [0.1, 0.15) is 0 Å². The lowest BCUT2D eigenvalue weighted by atomic mass is 10.0. The van der Waals surface area contributed by atoms with E-state index in [9.17, 15) is 35.9 Å². The van der Waals surface area contributed by atoms with Crippen LogP contribution >= 0.6 is 0 Å². The van der Waals surface area contributed by atoms with Gasteiger partial charge in [-0.25, -0.2) is 9.59 Å². The van der Waals surface area contributed by atoms with Gasteiger partial charge in [-0.2, -0.15) is 26.3 Å². The fourth-order valence-corrected chi connectivity index (χ4v) is 4.06. The number of nitrogens with two attached hydrogens (primary N) is 2. The number of alkyl halides is 6. The molecule has 0 saturated heterocycles. The molecule has 19 heteroatoms. The number of terminal acetylenes is 1. The Hall–Kier alpha value is -5.77. The number of carbonyl (C=O) groups excluding carboxylic acids is 2. The number of carboxylic acid groups (broad SMARTS) is 2. The first kappa shape index (κ1) is 43.3. The number of carboxylic acids is 2. The lowest BCUT2D eigenvalue weighted by molar-refractivity contribution is -0.193. The maximum absolute atomic E-state index is 12.4. The summed E-state index contributed by atoms with van der Waals surface area (Å²) in [5.41, 5.74) is 15.5. The molecule has 0 aliphatic carbocycles. The van der Waals surface area contributed by atoms with Crippen molar-refractivity contribution in [1.29, 1.82) is 0 Å². The summed E-state index contributed by atoms with van der Waals surface area (Å²) < 4.78 is 75.0. The number of pyridine rings is 1. The smallest absolute Gasteiger partial charge is 0.490 e. The molecule has 1 heterocycles. The Morgan fingerprint density at radius 2 is 1.49 bits per heavy atom. The van der Waals surface area contributed by atoms with E-state index < -0.39 is 36.2 Å². The van der Waals surface area contributed by atoms with Gasteiger partial charge in [0, 0.05) is 36.3 Å². The van der Waals surface area contributed by atoms with Gasteiger partial charge < -0.3 is 41.8 Å². The molecule has 2 aromatic carbocycles. The normalized spacial score (nSPS) is 11.4. The topological polar surface area (TPSA) is 216 Å². The summed E-state index contributed by atoms with van der Waals surface area (Å²) in [6.07, 6.45) is -2.63. The summed E-state index contributed by atoms with van der Waals surface area (Å²) in [5, 5.41) is 21.2. The van der Waals surface area contributed by atoms with Crippen molar-refractivity contribution < 1.29 is 65.2 Å². The van der Waals surface area contributed by atoms with E-state index in [1.165, 1.54) is 6.20 Å². The fourth-order valence-electron chi connectivity index (χ4n) is 4.06. The zero-order chi connectivity index (χ0) is 39.1. The number of nitrogens with one attached hydrogen (secondary N) is 2. The number of anilines is 2. The molecule has 0 saturated carbocycles. The number of halogens is 6. The highest BCUT2D eigenvalue weighted by Crippen LogP contribution is 2.38. The minimum atomic E-state index is -5.08. The van der Waals surface area contributed by atoms with Crippen molar-refractivity contribution in [2.45, 2.75) is 58.6 Å². The Balaban J connectivity index is 0.000000780. The Bertz CT molecular complexity index is 1720. The number of hydrogen-bond donors (Lipinski definition) is 6. The van der Waals surface area contributed by atoms with Gasteiger partial charge in [-0.3, -0.25) is 14.6 Å². The highest BCUT2D eigenvalue weighted by molar-refractivity contribution is 6.08. The van der Waals surface area contributed by atoms with Crippen LogP contribution in [0.4, 0.5) is 37.7 Å². The summed E-state index contributed by atoms with van der Waals surface area (Å²) >= 11 is 0. The Morgan fingerprint density at radius 3 is 1.94 bits per heavy atom. The number of fused-ring (bicyclic) bond motifs is 1. The van der Waals surface area contributed by atoms with E-state index in [2.05, 4.69) is 21.5 Å². The maximum atomic E-state index is 12.4. The zero-order valence-corrected chi connectivity index (χ0v) is 27.4. The monoisotopic (exact) mass is 731 g/mol. The molecule has 0 fully saturated rings.